The van der Waals surface area contributed by atoms with Crippen LogP contribution < -0.4 is 10.6 Å². The van der Waals surface area contributed by atoms with Gasteiger partial charge in [0.1, 0.15) is 30.2 Å². The van der Waals surface area contributed by atoms with Gasteiger partial charge in [-0.15, -0.1) is 0 Å². The van der Waals surface area contributed by atoms with Crippen molar-refractivity contribution in [2.24, 2.45) is 0 Å². The monoisotopic (exact) mass is 360 g/mol. The van der Waals surface area contributed by atoms with Crippen LogP contribution in [0.15, 0.2) is 12.7 Å². The van der Waals surface area contributed by atoms with Crippen LogP contribution in [0.2, 0.25) is 0 Å². The maximum Gasteiger partial charge on any atom is 0.265 e. The van der Waals surface area contributed by atoms with E-state index in [1.807, 2.05) is 0 Å². The predicted octanol–water partition coefficient (Wildman–Crippen LogP) is -1.84. The molecule has 1 unspecified atom stereocenters. The topological polar surface area (TPSA) is 178 Å². The molecule has 0 spiro atoms. The number of anilines is 1. The van der Waals surface area contributed by atoms with E-state index < -0.39 is 39.0 Å². The standard InChI is InChI=1S/C11H16N5O7P/c1-21-8-5(2-22-24(18,19)20)23-11(7(8)17)16-4-15-6-9(12)13-3-14-10(6)16/h3-5,7-8,11,17H,2H2,1H3,(H2,12,13,14)(H2,18,19,20)/p-1/t5-,7-,8-,11-/m1/s1. The molecule has 0 aromatic carbocycles. The lowest BCUT2D eigenvalue weighted by Gasteiger charge is -2.21. The number of methoxy groups -OCH3 is 1. The Hall–Kier alpha value is -1.66. The third-order valence-electron chi connectivity index (χ3n) is 3.64. The highest BCUT2D eigenvalue weighted by Crippen LogP contribution is 2.36. The van der Waals surface area contributed by atoms with Crippen molar-refractivity contribution in [2.75, 3.05) is 19.5 Å². The lowest BCUT2D eigenvalue weighted by molar-refractivity contribution is -0.223. The molecule has 1 aliphatic heterocycles. The number of rotatable bonds is 5. The van der Waals surface area contributed by atoms with Crippen LogP contribution in [0, 0.1) is 0 Å². The van der Waals surface area contributed by atoms with Crippen molar-refractivity contribution in [1.82, 2.24) is 19.5 Å². The summed E-state index contributed by atoms with van der Waals surface area (Å²) in [6.45, 7) is -0.521. The van der Waals surface area contributed by atoms with Crippen LogP contribution in [0.25, 0.3) is 11.2 Å². The van der Waals surface area contributed by atoms with Gasteiger partial charge in [0, 0.05) is 7.11 Å². The van der Waals surface area contributed by atoms with Crippen molar-refractivity contribution in [3.63, 3.8) is 0 Å². The van der Waals surface area contributed by atoms with E-state index in [-0.39, 0.29) is 5.82 Å². The summed E-state index contributed by atoms with van der Waals surface area (Å²) in [5.41, 5.74) is 6.38. The molecule has 4 N–H and O–H groups in total. The summed E-state index contributed by atoms with van der Waals surface area (Å²) in [7, 11) is -3.60. The highest BCUT2D eigenvalue weighted by atomic mass is 31.2. The van der Waals surface area contributed by atoms with Crippen molar-refractivity contribution in [3.8, 4) is 0 Å². The maximum absolute atomic E-state index is 10.7. The van der Waals surface area contributed by atoms with Crippen molar-refractivity contribution < 1.29 is 33.5 Å². The van der Waals surface area contributed by atoms with Gasteiger partial charge < -0.3 is 34.6 Å². The molecular weight excluding hydrogens is 345 g/mol. The van der Waals surface area contributed by atoms with E-state index in [9.17, 15) is 14.6 Å². The van der Waals surface area contributed by atoms with Crippen LogP contribution >= 0.6 is 7.82 Å². The zero-order valence-electron chi connectivity index (χ0n) is 12.4. The van der Waals surface area contributed by atoms with Gasteiger partial charge in [0.05, 0.1) is 12.9 Å². The van der Waals surface area contributed by atoms with E-state index in [1.54, 1.807) is 0 Å². The van der Waals surface area contributed by atoms with Crippen molar-refractivity contribution >= 4 is 24.8 Å². The van der Waals surface area contributed by atoms with Crippen LogP contribution in [-0.4, -0.2) is 61.5 Å². The van der Waals surface area contributed by atoms with Crippen LogP contribution in [-0.2, 0) is 18.6 Å². The number of phosphoric ester groups is 1. The van der Waals surface area contributed by atoms with Crippen LogP contribution in [0.5, 0.6) is 0 Å². The molecular formula is C11H15N5O7P-. The Kier molecular flexibility index (Phi) is 4.53. The molecule has 3 rings (SSSR count). The van der Waals surface area contributed by atoms with Gasteiger partial charge in [0.25, 0.3) is 7.82 Å². The van der Waals surface area contributed by atoms with Gasteiger partial charge >= 0.3 is 0 Å². The van der Waals surface area contributed by atoms with E-state index >= 15 is 0 Å². The number of phosphoric acid groups is 1. The molecule has 2 aromatic rings. The second-order valence-electron chi connectivity index (χ2n) is 5.10. The Morgan fingerprint density at radius 2 is 2.25 bits per heavy atom. The average Bonchev–Trinajstić information content (AvgIpc) is 3.06. The first kappa shape index (κ1) is 17.2. The quantitative estimate of drug-likeness (QED) is 0.510. The Morgan fingerprint density at radius 3 is 2.92 bits per heavy atom. The summed E-state index contributed by atoms with van der Waals surface area (Å²) >= 11 is 0. The molecule has 0 radical (unpaired) electrons. The number of nitrogens with zero attached hydrogens (tertiary/aromatic N) is 4. The SMILES string of the molecule is CO[C@H]1[C@@H](O)[C@H](n2cnc3c(N)ncnc32)O[C@@H]1COP(=O)([O-])O. The molecule has 24 heavy (non-hydrogen) atoms. The number of nitrogens with two attached hydrogens (primary N) is 1. The minimum atomic E-state index is -4.92. The second kappa shape index (κ2) is 6.33. The average molecular weight is 360 g/mol. The first-order valence-corrected chi connectivity index (χ1v) is 8.29. The number of aromatic nitrogens is 4. The first-order valence-electron chi connectivity index (χ1n) is 6.79. The molecule has 0 bridgehead atoms. The summed E-state index contributed by atoms with van der Waals surface area (Å²) in [4.78, 5) is 31.4. The Morgan fingerprint density at radius 1 is 1.50 bits per heavy atom. The number of imidazole rings is 1. The Labute approximate surface area is 135 Å². The van der Waals surface area contributed by atoms with E-state index in [2.05, 4.69) is 19.5 Å². The molecule has 0 saturated carbocycles. The summed E-state index contributed by atoms with van der Waals surface area (Å²) in [6, 6.07) is 0. The summed E-state index contributed by atoms with van der Waals surface area (Å²) in [5, 5.41) is 10.4. The number of aliphatic hydroxyl groups is 1. The number of nitrogen functional groups attached to an aromatic ring is 1. The molecule has 0 amide bonds. The molecule has 132 valence electrons. The number of hydrogen-bond acceptors (Lipinski definition) is 10. The number of ether oxygens (including phenoxy) is 2. The van der Waals surface area contributed by atoms with Gasteiger partial charge in [0.15, 0.2) is 17.7 Å². The van der Waals surface area contributed by atoms with Crippen LogP contribution in [0.3, 0.4) is 0 Å². The smallest absolute Gasteiger partial charge is 0.265 e. The minimum absolute atomic E-state index is 0.169. The van der Waals surface area contributed by atoms with Gasteiger partial charge in [0.2, 0.25) is 0 Å². The fourth-order valence-corrected chi connectivity index (χ4v) is 2.93. The summed E-state index contributed by atoms with van der Waals surface area (Å²) in [5.74, 6) is 0.169. The third-order valence-corrected chi connectivity index (χ3v) is 4.12. The van der Waals surface area contributed by atoms with E-state index in [0.717, 1.165) is 0 Å². The highest BCUT2D eigenvalue weighted by Gasteiger charge is 2.46. The third kappa shape index (κ3) is 3.13. The number of fused-ring (bicyclic) bond motifs is 1. The van der Waals surface area contributed by atoms with Crippen molar-refractivity contribution in [2.45, 2.75) is 24.5 Å². The predicted molar refractivity (Wildman–Crippen MR) is 76.2 cm³/mol. The van der Waals surface area contributed by atoms with Gasteiger partial charge in [-0.25, -0.2) is 15.0 Å². The molecule has 2 aromatic heterocycles. The Balaban J connectivity index is 1.88. The van der Waals surface area contributed by atoms with E-state index in [0.29, 0.717) is 11.2 Å². The number of aliphatic hydroxyl groups excluding tert-OH is 1. The van der Waals surface area contributed by atoms with Crippen molar-refractivity contribution in [1.29, 1.82) is 0 Å². The zero-order chi connectivity index (χ0) is 17.5. The molecule has 1 fully saturated rings. The highest BCUT2D eigenvalue weighted by molar-refractivity contribution is 7.44. The largest absolute Gasteiger partial charge is 0.756 e. The summed E-state index contributed by atoms with van der Waals surface area (Å²) < 4.78 is 27.3. The second-order valence-corrected chi connectivity index (χ2v) is 6.30. The molecule has 0 aliphatic carbocycles. The molecule has 12 nitrogen and oxygen atoms in total. The minimum Gasteiger partial charge on any atom is -0.756 e. The van der Waals surface area contributed by atoms with Gasteiger partial charge in [-0.05, 0) is 0 Å². The summed E-state index contributed by atoms with van der Waals surface area (Å²) in [6.07, 6.45) is -1.36. The molecule has 5 atom stereocenters. The van der Waals surface area contributed by atoms with Gasteiger partial charge in [-0.1, -0.05) is 0 Å². The Bertz CT molecular complexity index is 779. The molecule has 1 saturated heterocycles. The first-order chi connectivity index (χ1) is 11.3. The lowest BCUT2D eigenvalue weighted by atomic mass is 10.1. The van der Waals surface area contributed by atoms with E-state index in [4.69, 9.17) is 20.1 Å². The van der Waals surface area contributed by atoms with Gasteiger partial charge in [-0.2, -0.15) is 0 Å². The molecule has 1 aliphatic rings. The zero-order valence-corrected chi connectivity index (χ0v) is 13.3. The lowest BCUT2D eigenvalue weighted by Crippen LogP contribution is -2.35. The normalized spacial score (nSPS) is 29.8. The van der Waals surface area contributed by atoms with Gasteiger partial charge in [-0.3, -0.25) is 9.13 Å². The fourth-order valence-electron chi connectivity index (χ4n) is 2.60. The maximum atomic E-state index is 10.7. The van der Waals surface area contributed by atoms with E-state index in [1.165, 1.54) is 24.3 Å². The van der Waals surface area contributed by atoms with Crippen molar-refractivity contribution in [3.05, 3.63) is 12.7 Å². The van der Waals surface area contributed by atoms with Crippen LogP contribution in [0.4, 0.5) is 5.82 Å². The molecule has 13 heteroatoms. The fraction of sp³-hybridized carbons (Fsp3) is 0.545. The number of hydrogen-bond donors (Lipinski definition) is 3. The van der Waals surface area contributed by atoms with Crippen LogP contribution in [0.1, 0.15) is 6.23 Å². The molecule has 3 heterocycles.